The van der Waals surface area contributed by atoms with E-state index in [4.69, 9.17) is 14.6 Å². The summed E-state index contributed by atoms with van der Waals surface area (Å²) in [5.41, 5.74) is 0.874. The van der Waals surface area contributed by atoms with Crippen molar-refractivity contribution in [2.45, 2.75) is 44.8 Å². The lowest BCUT2D eigenvalue weighted by atomic mass is 9.99. The molecular weight excluding hydrogens is 263 g/mol. The summed E-state index contributed by atoms with van der Waals surface area (Å²) in [6.07, 6.45) is 1.72. The van der Waals surface area contributed by atoms with Crippen LogP contribution in [-0.4, -0.2) is 35.6 Å². The summed E-state index contributed by atoms with van der Waals surface area (Å²) in [6.45, 7) is 2.19. The topological polar surface area (TPSA) is 58.9 Å². The molecule has 5 heteroatoms. The van der Waals surface area contributed by atoms with Crippen molar-refractivity contribution in [2.75, 3.05) is 13.2 Å². The Labute approximate surface area is 118 Å². The first-order chi connectivity index (χ1) is 9.65. The molecule has 0 unspecified atom stereocenters. The van der Waals surface area contributed by atoms with Crippen LogP contribution in [0.2, 0.25) is 0 Å². The highest BCUT2D eigenvalue weighted by Gasteiger charge is 2.27. The molecule has 0 amide bonds. The number of aryl methyl sites for hydroxylation is 1. The lowest BCUT2D eigenvalue weighted by Gasteiger charge is -2.29. The summed E-state index contributed by atoms with van der Waals surface area (Å²) >= 11 is 0. The molecular formula is C15H21FO4. The van der Waals surface area contributed by atoms with E-state index in [1.807, 2.05) is 6.92 Å². The molecule has 0 bridgehead atoms. The van der Waals surface area contributed by atoms with Gasteiger partial charge in [-0.2, -0.15) is 0 Å². The number of ether oxygens (including phenoxy) is 2. The molecule has 1 aliphatic rings. The summed E-state index contributed by atoms with van der Waals surface area (Å²) < 4.78 is 24.9. The molecule has 20 heavy (non-hydrogen) atoms. The number of benzene rings is 1. The third-order valence-corrected chi connectivity index (χ3v) is 3.46. The molecule has 0 aliphatic carbocycles. The lowest BCUT2D eigenvalue weighted by molar-refractivity contribution is -0.00980. The van der Waals surface area contributed by atoms with E-state index in [2.05, 4.69) is 0 Å². The molecule has 0 spiro atoms. The maximum absolute atomic E-state index is 13.9. The van der Waals surface area contributed by atoms with Gasteiger partial charge in [0.15, 0.2) is 11.6 Å². The van der Waals surface area contributed by atoms with Crippen molar-refractivity contribution in [3.8, 4) is 11.5 Å². The van der Waals surface area contributed by atoms with Crippen LogP contribution in [0.4, 0.5) is 4.39 Å². The Hall–Kier alpha value is -1.33. The van der Waals surface area contributed by atoms with E-state index >= 15 is 0 Å². The quantitative estimate of drug-likeness (QED) is 0.785. The summed E-state index contributed by atoms with van der Waals surface area (Å²) in [6, 6.07) is 2.97. The van der Waals surface area contributed by atoms with Crippen molar-refractivity contribution >= 4 is 0 Å². The van der Waals surface area contributed by atoms with Gasteiger partial charge in [-0.05, 0) is 30.9 Å². The number of unbranched alkanes of at least 4 members (excludes halogenated alkanes) is 1. The minimum absolute atomic E-state index is 0.252. The standard InChI is InChI=1S/C15H21FO4/c1-2-3-6-19-15-7-10-4-5-13(12(18)9-17)20-14(10)8-11(15)16/h7-8,12-13,17-18H,2-6,9H2,1H3/t12-,13-/m0/s1. The fourth-order valence-corrected chi connectivity index (χ4v) is 2.23. The Balaban J connectivity index is 2.09. The molecule has 2 rings (SSSR count). The average Bonchev–Trinajstić information content (AvgIpc) is 2.46. The monoisotopic (exact) mass is 284 g/mol. The molecule has 2 atom stereocenters. The Bertz CT molecular complexity index is 450. The van der Waals surface area contributed by atoms with Crippen molar-refractivity contribution in [3.63, 3.8) is 0 Å². The van der Waals surface area contributed by atoms with Crippen LogP contribution in [0, 0.1) is 5.82 Å². The number of aliphatic hydroxyl groups excluding tert-OH is 2. The number of hydrogen-bond donors (Lipinski definition) is 2. The molecule has 0 saturated heterocycles. The molecule has 0 aromatic heterocycles. The highest BCUT2D eigenvalue weighted by molar-refractivity contribution is 5.43. The normalized spacial score (nSPS) is 19.1. The van der Waals surface area contributed by atoms with Crippen molar-refractivity contribution < 1.29 is 24.1 Å². The molecule has 112 valence electrons. The van der Waals surface area contributed by atoms with Crippen LogP contribution >= 0.6 is 0 Å². The van der Waals surface area contributed by atoms with E-state index in [0.717, 1.165) is 18.4 Å². The van der Waals surface area contributed by atoms with Crippen molar-refractivity contribution in [3.05, 3.63) is 23.5 Å². The van der Waals surface area contributed by atoms with Gasteiger partial charge in [-0.15, -0.1) is 0 Å². The molecule has 1 heterocycles. The van der Waals surface area contributed by atoms with E-state index in [0.29, 0.717) is 25.2 Å². The van der Waals surface area contributed by atoms with Crippen LogP contribution < -0.4 is 9.47 Å². The molecule has 1 aromatic carbocycles. The second kappa shape index (κ2) is 6.90. The molecule has 0 fully saturated rings. The number of fused-ring (bicyclic) bond motifs is 1. The van der Waals surface area contributed by atoms with E-state index in [1.54, 1.807) is 6.07 Å². The van der Waals surface area contributed by atoms with Gasteiger partial charge in [-0.25, -0.2) is 4.39 Å². The van der Waals surface area contributed by atoms with Gasteiger partial charge in [-0.3, -0.25) is 0 Å². The third kappa shape index (κ3) is 3.41. The van der Waals surface area contributed by atoms with Crippen LogP contribution in [0.25, 0.3) is 0 Å². The van der Waals surface area contributed by atoms with E-state index in [1.165, 1.54) is 6.07 Å². The number of hydrogen-bond acceptors (Lipinski definition) is 4. The number of aliphatic hydroxyl groups is 2. The van der Waals surface area contributed by atoms with Crippen LogP contribution in [0.5, 0.6) is 11.5 Å². The molecule has 0 radical (unpaired) electrons. The summed E-state index contributed by atoms with van der Waals surface area (Å²) in [5, 5.41) is 18.5. The largest absolute Gasteiger partial charge is 0.491 e. The fraction of sp³-hybridized carbons (Fsp3) is 0.600. The van der Waals surface area contributed by atoms with E-state index < -0.39 is 18.0 Å². The van der Waals surface area contributed by atoms with Gasteiger partial charge in [0.05, 0.1) is 13.2 Å². The Morgan fingerprint density at radius 3 is 3.00 bits per heavy atom. The maximum Gasteiger partial charge on any atom is 0.168 e. The zero-order valence-electron chi connectivity index (χ0n) is 11.6. The Morgan fingerprint density at radius 2 is 2.30 bits per heavy atom. The molecule has 2 N–H and O–H groups in total. The summed E-state index contributed by atoms with van der Waals surface area (Å²) in [4.78, 5) is 0. The maximum atomic E-state index is 13.9. The minimum atomic E-state index is -0.938. The van der Waals surface area contributed by atoms with Gasteiger partial charge in [-0.1, -0.05) is 13.3 Å². The number of halogens is 1. The van der Waals surface area contributed by atoms with Crippen LogP contribution in [0.15, 0.2) is 12.1 Å². The van der Waals surface area contributed by atoms with E-state index in [9.17, 15) is 9.50 Å². The van der Waals surface area contributed by atoms with E-state index in [-0.39, 0.29) is 12.4 Å². The average molecular weight is 284 g/mol. The highest BCUT2D eigenvalue weighted by atomic mass is 19.1. The molecule has 4 nitrogen and oxygen atoms in total. The highest BCUT2D eigenvalue weighted by Crippen LogP contribution is 2.34. The summed E-state index contributed by atoms with van der Waals surface area (Å²) in [7, 11) is 0. The zero-order chi connectivity index (χ0) is 14.5. The molecule has 1 aliphatic heterocycles. The van der Waals surface area contributed by atoms with Gasteiger partial charge in [0.1, 0.15) is 18.0 Å². The first-order valence-electron chi connectivity index (χ1n) is 7.06. The van der Waals surface area contributed by atoms with Crippen molar-refractivity contribution in [2.24, 2.45) is 0 Å². The molecule has 0 saturated carbocycles. The van der Waals surface area contributed by atoms with Gasteiger partial charge < -0.3 is 19.7 Å². The zero-order valence-corrected chi connectivity index (χ0v) is 11.6. The van der Waals surface area contributed by atoms with Gasteiger partial charge in [0.2, 0.25) is 0 Å². The lowest BCUT2D eigenvalue weighted by Crippen LogP contribution is -2.37. The first-order valence-corrected chi connectivity index (χ1v) is 7.06. The third-order valence-electron chi connectivity index (χ3n) is 3.46. The first kappa shape index (κ1) is 15.1. The van der Waals surface area contributed by atoms with Gasteiger partial charge in [0, 0.05) is 6.07 Å². The Morgan fingerprint density at radius 1 is 1.50 bits per heavy atom. The summed E-state index contributed by atoms with van der Waals surface area (Å²) in [5.74, 6) is 0.218. The van der Waals surface area contributed by atoms with Crippen LogP contribution in [0.3, 0.4) is 0 Å². The van der Waals surface area contributed by atoms with Crippen molar-refractivity contribution in [1.82, 2.24) is 0 Å². The second-order valence-electron chi connectivity index (χ2n) is 5.04. The van der Waals surface area contributed by atoms with Crippen LogP contribution in [-0.2, 0) is 6.42 Å². The van der Waals surface area contributed by atoms with Crippen LogP contribution in [0.1, 0.15) is 31.7 Å². The predicted molar refractivity (Wildman–Crippen MR) is 72.6 cm³/mol. The van der Waals surface area contributed by atoms with Gasteiger partial charge >= 0.3 is 0 Å². The van der Waals surface area contributed by atoms with Crippen molar-refractivity contribution in [1.29, 1.82) is 0 Å². The minimum Gasteiger partial charge on any atom is -0.491 e. The SMILES string of the molecule is CCCCOc1cc2c(cc1F)O[C@H]([C@@H](O)CO)CC2. The Kier molecular flexibility index (Phi) is 5.20. The second-order valence-corrected chi connectivity index (χ2v) is 5.04. The number of rotatable bonds is 6. The fourth-order valence-electron chi connectivity index (χ4n) is 2.23. The van der Waals surface area contributed by atoms with Gasteiger partial charge in [0.25, 0.3) is 0 Å². The molecule has 1 aromatic rings. The smallest absolute Gasteiger partial charge is 0.168 e. The predicted octanol–water partition coefficient (Wildman–Crippen LogP) is 2.05.